The highest BCUT2D eigenvalue weighted by Crippen LogP contribution is 2.16. The van der Waals surface area contributed by atoms with Gasteiger partial charge in [-0.1, -0.05) is 13.8 Å². The summed E-state index contributed by atoms with van der Waals surface area (Å²) in [7, 11) is 0. The van der Waals surface area contributed by atoms with Gasteiger partial charge in [0.2, 0.25) is 0 Å². The highest BCUT2D eigenvalue weighted by Gasteiger charge is 2.14. The quantitative estimate of drug-likeness (QED) is 0.734. The second-order valence-electron chi connectivity index (χ2n) is 4.83. The van der Waals surface area contributed by atoms with Gasteiger partial charge in [0.15, 0.2) is 0 Å². The van der Waals surface area contributed by atoms with Gasteiger partial charge >= 0.3 is 0 Å². The molecule has 1 aliphatic rings. The molecule has 0 saturated carbocycles. The lowest BCUT2D eigenvalue weighted by Crippen LogP contribution is -2.34. The molecule has 0 spiro atoms. The molecular formula is C12H26N2. The summed E-state index contributed by atoms with van der Waals surface area (Å²) in [5.41, 5.74) is 5.89. The van der Waals surface area contributed by atoms with E-state index in [1.165, 1.54) is 45.3 Å². The van der Waals surface area contributed by atoms with Crippen molar-refractivity contribution in [2.24, 2.45) is 11.7 Å². The first-order chi connectivity index (χ1) is 6.72. The third-order valence-electron chi connectivity index (χ3n) is 3.45. The van der Waals surface area contributed by atoms with E-state index in [0.29, 0.717) is 6.04 Å². The lowest BCUT2D eigenvalue weighted by molar-refractivity contribution is 0.188. The normalized spacial score (nSPS) is 22.5. The number of hydrogen-bond acceptors (Lipinski definition) is 2. The highest BCUT2D eigenvalue weighted by atomic mass is 15.1. The molecule has 2 N–H and O–H groups in total. The van der Waals surface area contributed by atoms with Crippen LogP contribution in [0.2, 0.25) is 0 Å². The topological polar surface area (TPSA) is 29.3 Å². The third kappa shape index (κ3) is 4.43. The summed E-state index contributed by atoms with van der Waals surface area (Å²) in [6, 6.07) is 0.429. The maximum absolute atomic E-state index is 5.89. The van der Waals surface area contributed by atoms with Gasteiger partial charge in [-0.25, -0.2) is 0 Å². The molecule has 0 bridgehead atoms. The first kappa shape index (κ1) is 12.0. The summed E-state index contributed by atoms with van der Waals surface area (Å²) in [5.74, 6) is 0.948. The van der Waals surface area contributed by atoms with Gasteiger partial charge in [-0.2, -0.15) is 0 Å². The van der Waals surface area contributed by atoms with Crippen molar-refractivity contribution in [2.75, 3.05) is 19.6 Å². The minimum Gasteiger partial charge on any atom is -0.328 e. The van der Waals surface area contributed by atoms with Crippen molar-refractivity contribution in [2.45, 2.75) is 52.0 Å². The molecule has 1 atom stereocenters. The Hall–Kier alpha value is -0.0800. The van der Waals surface area contributed by atoms with Crippen LogP contribution in [-0.2, 0) is 0 Å². The minimum atomic E-state index is 0.429. The first-order valence-corrected chi connectivity index (χ1v) is 6.20. The minimum absolute atomic E-state index is 0.429. The van der Waals surface area contributed by atoms with E-state index in [9.17, 15) is 0 Å². The number of piperidine rings is 1. The molecule has 1 saturated heterocycles. The summed E-state index contributed by atoms with van der Waals surface area (Å²) in [6.45, 7) is 8.42. The summed E-state index contributed by atoms with van der Waals surface area (Å²) in [6.07, 6.45) is 6.38. The lowest BCUT2D eigenvalue weighted by atomic mass is 9.99. The zero-order valence-corrected chi connectivity index (χ0v) is 9.84. The predicted octanol–water partition coefficient (Wildman–Crippen LogP) is 2.24. The van der Waals surface area contributed by atoms with Crippen LogP contribution in [0.3, 0.4) is 0 Å². The molecule has 1 heterocycles. The Morgan fingerprint density at radius 2 is 2.00 bits per heavy atom. The van der Waals surface area contributed by atoms with Crippen LogP contribution in [0.1, 0.15) is 46.0 Å². The van der Waals surface area contributed by atoms with Crippen LogP contribution in [-0.4, -0.2) is 30.6 Å². The standard InChI is InChI=1S/C12H26N2/c1-3-12(13)5-4-8-14-9-6-11(2)7-10-14/h11-12H,3-10,13H2,1-2H3. The molecule has 0 aliphatic carbocycles. The molecule has 2 nitrogen and oxygen atoms in total. The molecule has 0 amide bonds. The summed E-state index contributed by atoms with van der Waals surface area (Å²) in [5, 5.41) is 0. The van der Waals surface area contributed by atoms with Crippen LogP contribution < -0.4 is 5.73 Å². The Morgan fingerprint density at radius 3 is 2.57 bits per heavy atom. The highest BCUT2D eigenvalue weighted by molar-refractivity contribution is 4.70. The van der Waals surface area contributed by atoms with Gasteiger partial charge in [-0.3, -0.25) is 0 Å². The molecular weight excluding hydrogens is 172 g/mol. The van der Waals surface area contributed by atoms with Crippen molar-refractivity contribution in [1.29, 1.82) is 0 Å². The largest absolute Gasteiger partial charge is 0.328 e. The summed E-state index contributed by atoms with van der Waals surface area (Å²) < 4.78 is 0. The van der Waals surface area contributed by atoms with Gasteiger partial charge in [-0.05, 0) is 57.7 Å². The van der Waals surface area contributed by atoms with Crippen LogP contribution in [0.25, 0.3) is 0 Å². The zero-order chi connectivity index (χ0) is 10.4. The maximum Gasteiger partial charge on any atom is 0.00366 e. The van der Waals surface area contributed by atoms with Gasteiger partial charge in [0.25, 0.3) is 0 Å². The van der Waals surface area contributed by atoms with Crippen molar-refractivity contribution in [1.82, 2.24) is 4.90 Å². The second-order valence-corrected chi connectivity index (χ2v) is 4.83. The Bertz CT molecular complexity index is 139. The molecule has 84 valence electrons. The van der Waals surface area contributed by atoms with Gasteiger partial charge in [0.1, 0.15) is 0 Å². The van der Waals surface area contributed by atoms with Crippen molar-refractivity contribution in [3.8, 4) is 0 Å². The van der Waals surface area contributed by atoms with Crippen molar-refractivity contribution >= 4 is 0 Å². The van der Waals surface area contributed by atoms with Crippen LogP contribution in [0.4, 0.5) is 0 Å². The molecule has 1 unspecified atom stereocenters. The predicted molar refractivity (Wildman–Crippen MR) is 62.3 cm³/mol. The number of nitrogens with two attached hydrogens (primary N) is 1. The van der Waals surface area contributed by atoms with Crippen molar-refractivity contribution in [3.05, 3.63) is 0 Å². The fourth-order valence-electron chi connectivity index (χ4n) is 2.07. The maximum atomic E-state index is 5.89. The second kappa shape index (κ2) is 6.41. The van der Waals surface area contributed by atoms with Crippen LogP contribution in [0.15, 0.2) is 0 Å². The molecule has 0 aromatic carbocycles. The third-order valence-corrected chi connectivity index (χ3v) is 3.45. The molecule has 0 aromatic heterocycles. The van der Waals surface area contributed by atoms with Gasteiger partial charge < -0.3 is 10.6 Å². The van der Waals surface area contributed by atoms with E-state index in [0.717, 1.165) is 12.3 Å². The molecule has 14 heavy (non-hydrogen) atoms. The SMILES string of the molecule is CCC(N)CCCN1CCC(C)CC1. The molecule has 1 fully saturated rings. The van der Waals surface area contributed by atoms with Crippen LogP contribution >= 0.6 is 0 Å². The smallest absolute Gasteiger partial charge is 0.00366 e. The first-order valence-electron chi connectivity index (χ1n) is 6.20. The van der Waals surface area contributed by atoms with E-state index in [2.05, 4.69) is 18.7 Å². The fraction of sp³-hybridized carbons (Fsp3) is 1.00. The summed E-state index contributed by atoms with van der Waals surface area (Å²) in [4.78, 5) is 2.60. The van der Waals surface area contributed by atoms with E-state index >= 15 is 0 Å². The Kier molecular flexibility index (Phi) is 5.49. The number of nitrogens with zero attached hydrogens (tertiary/aromatic N) is 1. The molecule has 1 aliphatic heterocycles. The molecule has 0 radical (unpaired) electrons. The number of likely N-dealkylation sites (tertiary alicyclic amines) is 1. The van der Waals surface area contributed by atoms with Gasteiger partial charge in [-0.15, -0.1) is 0 Å². The van der Waals surface area contributed by atoms with E-state index in [1.54, 1.807) is 0 Å². The van der Waals surface area contributed by atoms with E-state index < -0.39 is 0 Å². The molecule has 2 heteroatoms. The van der Waals surface area contributed by atoms with E-state index in [4.69, 9.17) is 5.73 Å². The Balaban J connectivity index is 2.02. The van der Waals surface area contributed by atoms with Crippen molar-refractivity contribution < 1.29 is 0 Å². The monoisotopic (exact) mass is 198 g/mol. The average molecular weight is 198 g/mol. The van der Waals surface area contributed by atoms with Gasteiger partial charge in [0, 0.05) is 6.04 Å². The molecule has 0 aromatic rings. The molecule has 1 rings (SSSR count). The van der Waals surface area contributed by atoms with Crippen LogP contribution in [0.5, 0.6) is 0 Å². The average Bonchev–Trinajstić information content (AvgIpc) is 2.21. The Labute approximate surface area is 88.8 Å². The van der Waals surface area contributed by atoms with Crippen LogP contribution in [0, 0.1) is 5.92 Å². The fourth-order valence-corrected chi connectivity index (χ4v) is 2.07. The lowest BCUT2D eigenvalue weighted by Gasteiger charge is -2.30. The Morgan fingerprint density at radius 1 is 1.36 bits per heavy atom. The number of hydrogen-bond donors (Lipinski definition) is 1. The van der Waals surface area contributed by atoms with Crippen molar-refractivity contribution in [3.63, 3.8) is 0 Å². The number of rotatable bonds is 5. The van der Waals surface area contributed by atoms with E-state index in [1.807, 2.05) is 0 Å². The zero-order valence-electron chi connectivity index (χ0n) is 9.84. The van der Waals surface area contributed by atoms with E-state index in [-0.39, 0.29) is 0 Å². The van der Waals surface area contributed by atoms with Gasteiger partial charge in [0.05, 0.1) is 0 Å². The summed E-state index contributed by atoms with van der Waals surface area (Å²) >= 11 is 0.